The molecule has 0 aliphatic heterocycles. The number of carbonyl (C=O) groups is 2. The third-order valence-corrected chi connectivity index (χ3v) is 2.27. The minimum Gasteiger partial charge on any atom is -0.460 e. The Hall–Kier alpha value is -2.17. The predicted molar refractivity (Wildman–Crippen MR) is 74.8 cm³/mol. The lowest BCUT2D eigenvalue weighted by Crippen LogP contribution is -2.25. The van der Waals surface area contributed by atoms with E-state index < -0.39 is 23.3 Å². The fourth-order valence-corrected chi connectivity index (χ4v) is 1.55. The molecule has 4 nitrogen and oxygen atoms in total. The normalized spacial score (nSPS) is 10.8. The Labute approximate surface area is 117 Å². The Morgan fingerprint density at radius 3 is 2.60 bits per heavy atom. The first-order valence-electron chi connectivity index (χ1n) is 6.15. The van der Waals surface area contributed by atoms with Crippen molar-refractivity contribution < 1.29 is 18.7 Å². The molecule has 1 amide bonds. The Kier molecular flexibility index (Phi) is 5.02. The van der Waals surface area contributed by atoms with Crippen molar-refractivity contribution in [1.29, 1.82) is 0 Å². The molecule has 0 radical (unpaired) electrons. The van der Waals surface area contributed by atoms with E-state index >= 15 is 0 Å². The number of ether oxygens (including phenoxy) is 1. The summed E-state index contributed by atoms with van der Waals surface area (Å²) in [6.45, 7) is 8.58. The van der Waals surface area contributed by atoms with Crippen LogP contribution in [0.3, 0.4) is 0 Å². The van der Waals surface area contributed by atoms with Crippen LogP contribution in [0.1, 0.15) is 26.3 Å². The van der Waals surface area contributed by atoms with Crippen molar-refractivity contribution in [1.82, 2.24) is 0 Å². The highest BCUT2D eigenvalue weighted by atomic mass is 19.1. The van der Waals surface area contributed by atoms with Crippen LogP contribution in [0.15, 0.2) is 30.9 Å². The molecular weight excluding hydrogens is 261 g/mol. The molecule has 20 heavy (non-hydrogen) atoms. The number of amides is 1. The van der Waals surface area contributed by atoms with Crippen molar-refractivity contribution in [3.8, 4) is 0 Å². The highest BCUT2D eigenvalue weighted by molar-refractivity contribution is 5.99. The first-order valence-corrected chi connectivity index (χ1v) is 6.15. The van der Waals surface area contributed by atoms with E-state index in [0.717, 1.165) is 6.08 Å². The van der Waals surface area contributed by atoms with Crippen LogP contribution in [-0.2, 0) is 20.7 Å². The number of halogens is 1. The zero-order valence-corrected chi connectivity index (χ0v) is 11.8. The maximum atomic E-state index is 13.3. The van der Waals surface area contributed by atoms with Crippen LogP contribution in [0.5, 0.6) is 0 Å². The summed E-state index contributed by atoms with van der Waals surface area (Å²) in [6, 6.07) is 3.80. The average Bonchev–Trinajstić information content (AvgIpc) is 2.29. The topological polar surface area (TPSA) is 55.4 Å². The predicted octanol–water partition coefficient (Wildman–Crippen LogP) is 2.83. The Bertz CT molecular complexity index is 532. The van der Waals surface area contributed by atoms with Gasteiger partial charge in [0.1, 0.15) is 11.4 Å². The van der Waals surface area contributed by atoms with E-state index in [1.54, 1.807) is 20.8 Å². The molecule has 108 valence electrons. The van der Waals surface area contributed by atoms with Gasteiger partial charge in [0, 0.05) is 5.69 Å². The molecule has 0 saturated carbocycles. The van der Waals surface area contributed by atoms with E-state index in [-0.39, 0.29) is 6.42 Å². The molecule has 1 aromatic rings. The van der Waals surface area contributed by atoms with Crippen molar-refractivity contribution in [3.63, 3.8) is 0 Å². The van der Waals surface area contributed by atoms with Crippen LogP contribution >= 0.6 is 0 Å². The largest absolute Gasteiger partial charge is 0.460 e. The first-order chi connectivity index (χ1) is 9.21. The number of anilines is 1. The molecule has 0 bridgehead atoms. The highest BCUT2D eigenvalue weighted by Gasteiger charge is 2.18. The molecule has 5 heteroatoms. The molecule has 0 fully saturated rings. The lowest BCUT2D eigenvalue weighted by molar-refractivity contribution is -0.153. The van der Waals surface area contributed by atoms with Gasteiger partial charge in [-0.05, 0) is 50.6 Å². The van der Waals surface area contributed by atoms with Gasteiger partial charge >= 0.3 is 5.97 Å². The fourth-order valence-electron chi connectivity index (χ4n) is 1.55. The second-order valence-corrected chi connectivity index (χ2v) is 5.26. The Balaban J connectivity index is 2.92. The molecule has 1 N–H and O–H groups in total. The van der Waals surface area contributed by atoms with Gasteiger partial charge in [0.25, 0.3) is 0 Å². The molecule has 0 spiro atoms. The molecule has 0 aliphatic carbocycles. The van der Waals surface area contributed by atoms with Gasteiger partial charge in [-0.25, -0.2) is 4.39 Å². The lowest BCUT2D eigenvalue weighted by atomic mass is 10.1. The minimum absolute atomic E-state index is 0.123. The van der Waals surface area contributed by atoms with Gasteiger partial charge in [0.2, 0.25) is 5.91 Å². The van der Waals surface area contributed by atoms with E-state index in [9.17, 15) is 14.0 Å². The maximum absolute atomic E-state index is 13.3. The molecule has 1 rings (SSSR count). The smallest absolute Gasteiger partial charge is 0.310 e. The average molecular weight is 279 g/mol. The van der Waals surface area contributed by atoms with Crippen molar-refractivity contribution in [3.05, 3.63) is 42.2 Å². The Morgan fingerprint density at radius 1 is 1.40 bits per heavy atom. The summed E-state index contributed by atoms with van der Waals surface area (Å²) < 4.78 is 18.4. The van der Waals surface area contributed by atoms with E-state index in [1.807, 2.05) is 0 Å². The Morgan fingerprint density at radius 2 is 2.05 bits per heavy atom. The van der Waals surface area contributed by atoms with Gasteiger partial charge in [0.05, 0.1) is 6.42 Å². The summed E-state index contributed by atoms with van der Waals surface area (Å²) in [7, 11) is 0. The highest BCUT2D eigenvalue weighted by Crippen LogP contribution is 2.19. The zero-order chi connectivity index (χ0) is 15.3. The molecule has 0 aromatic heterocycles. The van der Waals surface area contributed by atoms with Gasteiger partial charge in [-0.3, -0.25) is 9.59 Å². The number of carbonyl (C=O) groups excluding carboxylic acids is 2. The molecular formula is C15H18FNO3. The third kappa shape index (κ3) is 5.22. The number of hydrogen-bond donors (Lipinski definition) is 1. The zero-order valence-electron chi connectivity index (χ0n) is 11.8. The van der Waals surface area contributed by atoms with Crippen LogP contribution in [0.4, 0.5) is 10.1 Å². The van der Waals surface area contributed by atoms with Crippen molar-refractivity contribution >= 4 is 17.6 Å². The van der Waals surface area contributed by atoms with E-state index in [2.05, 4.69) is 11.9 Å². The van der Waals surface area contributed by atoms with E-state index in [0.29, 0.717) is 11.3 Å². The lowest BCUT2D eigenvalue weighted by Gasteiger charge is -2.20. The molecule has 0 saturated heterocycles. The van der Waals surface area contributed by atoms with Gasteiger partial charge < -0.3 is 10.1 Å². The van der Waals surface area contributed by atoms with Crippen molar-refractivity contribution in [2.75, 3.05) is 5.32 Å². The van der Waals surface area contributed by atoms with Crippen LogP contribution in [-0.4, -0.2) is 17.5 Å². The summed E-state index contributed by atoms with van der Waals surface area (Å²) in [5.41, 5.74) is 0.103. The van der Waals surface area contributed by atoms with Crippen LogP contribution in [0, 0.1) is 5.82 Å². The first kappa shape index (κ1) is 15.9. The summed E-state index contributed by atoms with van der Waals surface area (Å²) >= 11 is 0. The number of esters is 1. The summed E-state index contributed by atoms with van der Waals surface area (Å²) in [6.07, 6.45) is 0.975. The second-order valence-electron chi connectivity index (χ2n) is 5.26. The standard InChI is InChI=1S/C15H18FNO3/c1-5-13(18)17-12-7-6-11(16)8-10(12)9-14(19)20-15(2,3)4/h5-8H,1,9H2,2-4H3,(H,17,18). The number of rotatable bonds is 4. The number of benzene rings is 1. The monoisotopic (exact) mass is 279 g/mol. The minimum atomic E-state index is -0.616. The van der Waals surface area contributed by atoms with Crippen molar-refractivity contribution in [2.24, 2.45) is 0 Å². The quantitative estimate of drug-likeness (QED) is 0.681. The summed E-state index contributed by atoms with van der Waals surface area (Å²) in [5.74, 6) is -1.40. The second kappa shape index (κ2) is 6.32. The van der Waals surface area contributed by atoms with Gasteiger partial charge in [-0.15, -0.1) is 0 Å². The van der Waals surface area contributed by atoms with Crippen LogP contribution in [0.2, 0.25) is 0 Å². The number of nitrogens with one attached hydrogen (secondary N) is 1. The fraction of sp³-hybridized carbons (Fsp3) is 0.333. The molecule has 1 aromatic carbocycles. The van der Waals surface area contributed by atoms with Gasteiger partial charge in [-0.1, -0.05) is 6.58 Å². The molecule has 0 unspecified atom stereocenters. The summed E-state index contributed by atoms with van der Waals surface area (Å²) in [5, 5.41) is 2.52. The van der Waals surface area contributed by atoms with Gasteiger partial charge in [0.15, 0.2) is 0 Å². The SMILES string of the molecule is C=CC(=O)Nc1ccc(F)cc1CC(=O)OC(C)(C)C. The molecule has 0 heterocycles. The molecule has 0 aliphatic rings. The van der Waals surface area contributed by atoms with E-state index in [4.69, 9.17) is 4.74 Å². The van der Waals surface area contributed by atoms with Gasteiger partial charge in [-0.2, -0.15) is 0 Å². The number of hydrogen-bond acceptors (Lipinski definition) is 3. The summed E-state index contributed by atoms with van der Waals surface area (Å²) in [4.78, 5) is 23.1. The maximum Gasteiger partial charge on any atom is 0.310 e. The van der Waals surface area contributed by atoms with Crippen molar-refractivity contribution in [2.45, 2.75) is 32.8 Å². The van der Waals surface area contributed by atoms with Crippen LogP contribution < -0.4 is 5.32 Å². The van der Waals surface area contributed by atoms with E-state index in [1.165, 1.54) is 18.2 Å². The van der Waals surface area contributed by atoms with Crippen LogP contribution in [0.25, 0.3) is 0 Å². The third-order valence-electron chi connectivity index (χ3n) is 2.27. The molecule has 0 atom stereocenters.